The van der Waals surface area contributed by atoms with Crippen LogP contribution < -0.4 is 0 Å². The molecule has 688 valence electrons. The van der Waals surface area contributed by atoms with Gasteiger partial charge in [-0.3, -0.25) is 4.79 Å². The molecule has 0 aromatic heterocycles. The third kappa shape index (κ3) is 27.8. The molecule has 0 aliphatic carbocycles. The fraction of sp³-hybridized carbons (Fsp3) is 0.336. The van der Waals surface area contributed by atoms with E-state index < -0.39 is 129 Å². The molecule has 22 nitrogen and oxygen atoms in total. The number of ether oxygens (including phenoxy) is 20. The predicted octanol–water partition coefficient (Wildman–Crippen LogP) is 17.5. The van der Waals surface area contributed by atoms with Gasteiger partial charge in [0.2, 0.25) is 0 Å². The molecule has 16 rings (SSSR count). The topological polar surface area (TPSA) is 222 Å². The lowest BCUT2D eigenvalue weighted by molar-refractivity contribution is -0.415. The Bertz CT molecular complexity index is 5200. The van der Waals surface area contributed by atoms with Crippen molar-refractivity contribution in [1.29, 1.82) is 0 Å². The van der Waals surface area contributed by atoms with Gasteiger partial charge >= 0.3 is 5.97 Å². The molecule has 4 heterocycles. The highest BCUT2D eigenvalue weighted by molar-refractivity contribution is 5.66. The van der Waals surface area contributed by atoms with Crippen LogP contribution in [0.25, 0.3) is 0 Å². The molecule has 12 aromatic rings. The number of hydrogen-bond donors (Lipinski definition) is 1. The van der Waals surface area contributed by atoms with E-state index in [0.29, 0.717) is 0 Å². The van der Waals surface area contributed by atoms with E-state index in [1.54, 1.807) is 0 Å². The SMILES string of the molecule is CC(=O)O[C@@H]1[C@@H](O[C@@H]2[C@@H](O[C@@H]3[C@@H](O[C@H]4[C@@H](OCc5ccccc5)[C@H](OCc5ccccc5)[C@@H](COCc5ccccc5)O[C@@H]4O)O[C@H](COCc4ccccc4)[C@@H](OCc4ccccc4)[C@@H]3OCc3ccccc3)O[C@H](COCc3ccccc3)[C@@H](OCc3ccccc3)[C@@H]2OCc2ccccc2)O[C@H](COCc2ccccc2)[C@@H](OCc2ccccc2)[C@@H]1OCc1ccccc1. The standard InChI is InChI=1S/C110H116O22/c1-78(111)125-104-100(122-71-88-56-32-11-33-57-88)96(118-67-84-48-24-7-25-49-84)92(75-114-63-80-40-16-3-17-41-80)127-108(104)131-106-102(124-73-90-60-36-13-37-61-90)98(120-69-86-52-28-9-29-53-86)94(77-116-65-82-44-20-5-21-45-82)129-110(106)132-105-101(123-72-89-58-34-12-35-59-89)97(119-68-85-50-26-8-27-51-85)93(76-115-64-81-42-18-4-19-43-81)128-109(105)130-103-99(121-70-87-54-30-10-31-55-87)95(117-66-83-46-22-6-23-47-83)91(126-107(103)112)74-113-62-79-38-14-2-15-39-79/h2-61,91-110,112H,62-77H2,1H3/t91-,92-,93-,94-,95-,96-,97-,98-,99+,100+,101+,102+,103+,104+,105+,106+,107+,108-,109-,110-/m1/s1. The Morgan fingerprint density at radius 3 is 0.591 bits per heavy atom. The zero-order valence-electron chi connectivity index (χ0n) is 74.0. The Hall–Kier alpha value is -10.7. The van der Waals surface area contributed by atoms with E-state index in [4.69, 9.17) is 94.7 Å². The van der Waals surface area contributed by atoms with Crippen molar-refractivity contribution < 1.29 is 105 Å². The summed E-state index contributed by atoms with van der Waals surface area (Å²) < 4.78 is 147. The molecule has 0 amide bonds. The molecule has 4 aliphatic heterocycles. The van der Waals surface area contributed by atoms with Crippen molar-refractivity contribution in [1.82, 2.24) is 0 Å². The predicted molar refractivity (Wildman–Crippen MR) is 492 cm³/mol. The third-order valence-corrected chi connectivity index (χ3v) is 23.4. The maximum atomic E-state index is 14.5. The summed E-state index contributed by atoms with van der Waals surface area (Å²) in [4.78, 5) is 14.5. The summed E-state index contributed by atoms with van der Waals surface area (Å²) in [6.45, 7) is 1.98. The largest absolute Gasteiger partial charge is 0.454 e. The van der Waals surface area contributed by atoms with Crippen LogP contribution in [0.1, 0.15) is 73.7 Å². The van der Waals surface area contributed by atoms with Crippen molar-refractivity contribution in [3.63, 3.8) is 0 Å². The van der Waals surface area contributed by atoms with E-state index >= 15 is 0 Å². The Balaban J connectivity index is 0.873. The summed E-state index contributed by atoms with van der Waals surface area (Å²) in [5.41, 5.74) is 10.2. The van der Waals surface area contributed by atoms with Crippen LogP contribution in [0.3, 0.4) is 0 Å². The number of aliphatic hydroxyl groups excluding tert-OH is 1. The van der Waals surface area contributed by atoms with Crippen LogP contribution in [-0.2, 0) is 179 Å². The van der Waals surface area contributed by atoms with E-state index in [1.807, 2.05) is 364 Å². The molecule has 0 spiro atoms. The number of carbonyl (C=O) groups excluding carboxylic acids is 1. The first-order valence-electron chi connectivity index (χ1n) is 45.3. The van der Waals surface area contributed by atoms with E-state index in [9.17, 15) is 9.90 Å². The van der Waals surface area contributed by atoms with Gasteiger partial charge in [0, 0.05) is 6.92 Å². The van der Waals surface area contributed by atoms with Crippen molar-refractivity contribution in [2.75, 3.05) is 26.4 Å². The lowest BCUT2D eigenvalue weighted by Crippen LogP contribution is -2.69. The van der Waals surface area contributed by atoms with Crippen LogP contribution in [0.15, 0.2) is 364 Å². The van der Waals surface area contributed by atoms with Crippen molar-refractivity contribution in [2.24, 2.45) is 0 Å². The van der Waals surface area contributed by atoms with Gasteiger partial charge in [0.1, 0.15) is 91.6 Å². The van der Waals surface area contributed by atoms with Crippen LogP contribution in [0.5, 0.6) is 0 Å². The molecule has 0 unspecified atom stereocenters. The minimum absolute atomic E-state index is 0.0230. The van der Waals surface area contributed by atoms with E-state index in [0.717, 1.165) is 66.8 Å². The summed E-state index contributed by atoms with van der Waals surface area (Å²) in [6.07, 6.45) is -26.2. The summed E-state index contributed by atoms with van der Waals surface area (Å²) in [7, 11) is 0. The number of benzene rings is 12. The molecule has 22 heteroatoms. The Morgan fingerprint density at radius 1 is 0.212 bits per heavy atom. The summed E-state index contributed by atoms with van der Waals surface area (Å²) in [6, 6.07) is 117. The molecule has 1 N–H and O–H groups in total. The van der Waals surface area contributed by atoms with Crippen molar-refractivity contribution in [3.8, 4) is 0 Å². The maximum absolute atomic E-state index is 14.5. The normalized spacial score (nSPS) is 25.4. The Kier molecular flexibility index (Phi) is 36.1. The molecule has 4 saturated heterocycles. The Morgan fingerprint density at radius 2 is 0.379 bits per heavy atom. The second-order valence-electron chi connectivity index (χ2n) is 33.2. The molecule has 4 fully saturated rings. The lowest BCUT2D eigenvalue weighted by Gasteiger charge is -2.52. The fourth-order valence-electron chi connectivity index (χ4n) is 16.8. The second-order valence-corrected chi connectivity index (χ2v) is 33.2. The highest BCUT2D eigenvalue weighted by Crippen LogP contribution is 2.42. The molecular weight excluding hydrogens is 1670 g/mol. The lowest BCUT2D eigenvalue weighted by atomic mass is 9.94. The van der Waals surface area contributed by atoms with Gasteiger partial charge in [0.25, 0.3) is 0 Å². The van der Waals surface area contributed by atoms with Gasteiger partial charge in [-0.25, -0.2) is 0 Å². The second kappa shape index (κ2) is 50.4. The van der Waals surface area contributed by atoms with Crippen molar-refractivity contribution in [2.45, 2.75) is 209 Å². The minimum atomic E-state index is -1.80. The minimum Gasteiger partial charge on any atom is -0.454 e. The van der Waals surface area contributed by atoms with Gasteiger partial charge in [-0.1, -0.05) is 364 Å². The zero-order chi connectivity index (χ0) is 89.9. The summed E-state index contributed by atoms with van der Waals surface area (Å²) in [5, 5.41) is 13.4. The van der Waals surface area contributed by atoms with E-state index in [1.165, 1.54) is 6.92 Å². The van der Waals surface area contributed by atoms with Crippen LogP contribution >= 0.6 is 0 Å². The van der Waals surface area contributed by atoms with Gasteiger partial charge in [0.05, 0.1) is 106 Å². The van der Waals surface area contributed by atoms with Gasteiger partial charge < -0.3 is 99.8 Å². The average molecular weight is 1790 g/mol. The number of rotatable bonds is 47. The van der Waals surface area contributed by atoms with E-state index in [-0.39, 0.29) is 106 Å². The molecule has 0 bridgehead atoms. The maximum Gasteiger partial charge on any atom is 0.303 e. The van der Waals surface area contributed by atoms with Gasteiger partial charge in [-0.15, -0.1) is 0 Å². The number of esters is 1. The van der Waals surface area contributed by atoms with Crippen LogP contribution in [0, 0.1) is 0 Å². The molecule has 12 aromatic carbocycles. The smallest absolute Gasteiger partial charge is 0.303 e. The first-order chi connectivity index (χ1) is 65.2. The molecule has 132 heavy (non-hydrogen) atoms. The first-order valence-corrected chi connectivity index (χ1v) is 45.3. The van der Waals surface area contributed by atoms with Crippen molar-refractivity contribution >= 4 is 5.97 Å². The van der Waals surface area contributed by atoms with Crippen molar-refractivity contribution in [3.05, 3.63) is 431 Å². The summed E-state index contributed by atoms with van der Waals surface area (Å²) >= 11 is 0. The Labute approximate surface area is 772 Å². The summed E-state index contributed by atoms with van der Waals surface area (Å²) in [5.74, 6) is -0.685. The van der Waals surface area contributed by atoms with E-state index in [2.05, 4.69) is 0 Å². The first kappa shape index (κ1) is 94.5. The number of aliphatic hydroxyl groups is 1. The molecule has 4 aliphatic rings. The van der Waals surface area contributed by atoms with Gasteiger partial charge in [-0.2, -0.15) is 0 Å². The quantitative estimate of drug-likeness (QED) is 0.0350. The van der Waals surface area contributed by atoms with Gasteiger partial charge in [0.15, 0.2) is 31.3 Å². The monoisotopic (exact) mass is 1790 g/mol. The highest BCUT2D eigenvalue weighted by Gasteiger charge is 2.60. The highest BCUT2D eigenvalue weighted by atomic mass is 16.8. The third-order valence-electron chi connectivity index (χ3n) is 23.4. The number of hydrogen-bond acceptors (Lipinski definition) is 22. The van der Waals surface area contributed by atoms with Crippen LogP contribution in [0.4, 0.5) is 0 Å². The zero-order valence-corrected chi connectivity index (χ0v) is 74.0. The van der Waals surface area contributed by atoms with Gasteiger partial charge in [-0.05, 0) is 66.8 Å². The van der Waals surface area contributed by atoms with Crippen LogP contribution in [0.2, 0.25) is 0 Å². The average Bonchev–Trinajstić information content (AvgIpc) is 0.752. The van der Waals surface area contributed by atoms with Crippen LogP contribution in [-0.4, -0.2) is 160 Å². The number of carbonyl (C=O) groups is 1. The fourth-order valence-corrected chi connectivity index (χ4v) is 16.8. The molecule has 0 saturated carbocycles. The molecular formula is C110H116O22. The molecule has 0 radical (unpaired) electrons. The molecule has 20 atom stereocenters.